The lowest BCUT2D eigenvalue weighted by atomic mass is 9.97. The Morgan fingerprint density at radius 2 is 2.33 bits per heavy atom. The van der Waals surface area contributed by atoms with Crippen molar-refractivity contribution in [3.63, 3.8) is 0 Å². The highest BCUT2D eigenvalue weighted by atomic mass is 14.8. The van der Waals surface area contributed by atoms with Gasteiger partial charge in [-0.3, -0.25) is 0 Å². The highest BCUT2D eigenvalue weighted by Crippen LogP contribution is 2.00. The van der Waals surface area contributed by atoms with E-state index in [1.165, 1.54) is 0 Å². The molecule has 0 aromatic carbocycles. The zero-order chi connectivity index (χ0) is 6.85. The molecule has 1 aromatic heterocycles. The molecule has 0 fully saturated rings. The Morgan fingerprint density at radius 1 is 1.67 bits per heavy atom. The second-order valence-electron chi connectivity index (χ2n) is 2.21. The van der Waals surface area contributed by atoms with Gasteiger partial charge in [-0.05, 0) is 12.5 Å². The SMILES string of the molecule is Bc1cnc(N)c(C)c1. The van der Waals surface area contributed by atoms with Gasteiger partial charge in [0.15, 0.2) is 0 Å². The number of nitrogen functional groups attached to an aromatic ring is 1. The molecule has 0 unspecified atom stereocenters. The first-order valence-corrected chi connectivity index (χ1v) is 2.89. The van der Waals surface area contributed by atoms with Crippen molar-refractivity contribution in [2.24, 2.45) is 0 Å². The van der Waals surface area contributed by atoms with Crippen molar-refractivity contribution in [3.8, 4) is 0 Å². The molecule has 0 saturated heterocycles. The third-order valence-electron chi connectivity index (χ3n) is 1.26. The molecule has 1 heterocycles. The maximum Gasteiger partial charge on any atom is 0.141 e. The molecular formula is C6H9BN2. The van der Waals surface area contributed by atoms with Crippen molar-refractivity contribution in [2.75, 3.05) is 5.73 Å². The van der Waals surface area contributed by atoms with Gasteiger partial charge >= 0.3 is 0 Å². The van der Waals surface area contributed by atoms with Gasteiger partial charge in [0.25, 0.3) is 0 Å². The summed E-state index contributed by atoms with van der Waals surface area (Å²) in [5.74, 6) is 0.626. The number of aryl methyl sites for hydroxylation is 1. The summed E-state index contributed by atoms with van der Waals surface area (Å²) < 4.78 is 0. The van der Waals surface area contributed by atoms with Crippen LogP contribution in [0.1, 0.15) is 5.56 Å². The highest BCUT2D eigenvalue weighted by Gasteiger charge is 1.91. The summed E-state index contributed by atoms with van der Waals surface area (Å²) in [6.07, 6.45) is 1.77. The van der Waals surface area contributed by atoms with Crippen LogP contribution in [0.25, 0.3) is 0 Å². The Hall–Kier alpha value is -0.985. The molecule has 0 aliphatic heterocycles. The van der Waals surface area contributed by atoms with Gasteiger partial charge in [0, 0.05) is 6.20 Å². The van der Waals surface area contributed by atoms with Gasteiger partial charge in [-0.15, -0.1) is 0 Å². The van der Waals surface area contributed by atoms with Crippen LogP contribution in [-0.2, 0) is 0 Å². The van der Waals surface area contributed by atoms with E-state index in [2.05, 4.69) is 4.98 Å². The molecule has 1 aromatic rings. The minimum absolute atomic E-state index is 0.626. The predicted octanol–water partition coefficient (Wildman–Crippen LogP) is -0.769. The zero-order valence-corrected chi connectivity index (χ0v) is 5.68. The second-order valence-corrected chi connectivity index (χ2v) is 2.21. The number of rotatable bonds is 0. The second kappa shape index (κ2) is 2.09. The average molecular weight is 120 g/mol. The summed E-state index contributed by atoms with van der Waals surface area (Å²) in [7, 11) is 2.00. The van der Waals surface area contributed by atoms with Crippen LogP contribution >= 0.6 is 0 Å². The number of nitrogens with two attached hydrogens (primary N) is 1. The van der Waals surface area contributed by atoms with Gasteiger partial charge in [-0.2, -0.15) is 0 Å². The number of anilines is 1. The van der Waals surface area contributed by atoms with Crippen molar-refractivity contribution in [1.29, 1.82) is 0 Å². The molecule has 9 heavy (non-hydrogen) atoms. The lowest BCUT2D eigenvalue weighted by Crippen LogP contribution is -2.06. The summed E-state index contributed by atoms with van der Waals surface area (Å²) in [4.78, 5) is 3.96. The van der Waals surface area contributed by atoms with Crippen molar-refractivity contribution < 1.29 is 0 Å². The van der Waals surface area contributed by atoms with Crippen LogP contribution < -0.4 is 11.2 Å². The summed E-state index contributed by atoms with van der Waals surface area (Å²) >= 11 is 0. The van der Waals surface area contributed by atoms with Crippen LogP contribution in [0.4, 0.5) is 5.82 Å². The lowest BCUT2D eigenvalue weighted by Gasteiger charge is -1.97. The quantitative estimate of drug-likeness (QED) is 0.456. The van der Waals surface area contributed by atoms with Gasteiger partial charge < -0.3 is 5.73 Å². The van der Waals surface area contributed by atoms with E-state index in [-0.39, 0.29) is 0 Å². The first-order valence-electron chi connectivity index (χ1n) is 2.89. The summed E-state index contributed by atoms with van der Waals surface area (Å²) in [6, 6.07) is 2.02. The molecule has 0 atom stereocenters. The Balaban J connectivity index is 3.17. The first kappa shape index (κ1) is 6.14. The largest absolute Gasteiger partial charge is 0.383 e. The van der Waals surface area contributed by atoms with Crippen LogP contribution in [0, 0.1) is 6.92 Å². The fourth-order valence-corrected chi connectivity index (χ4v) is 0.726. The zero-order valence-electron chi connectivity index (χ0n) is 5.68. The minimum atomic E-state index is 0.626. The van der Waals surface area contributed by atoms with Crippen molar-refractivity contribution in [3.05, 3.63) is 17.8 Å². The summed E-state index contributed by atoms with van der Waals surface area (Å²) in [6.45, 7) is 1.95. The molecule has 3 heteroatoms. The molecule has 0 radical (unpaired) electrons. The fourth-order valence-electron chi connectivity index (χ4n) is 0.726. The molecule has 0 saturated carbocycles. The van der Waals surface area contributed by atoms with E-state index >= 15 is 0 Å². The smallest absolute Gasteiger partial charge is 0.141 e. The number of nitrogens with zero attached hydrogens (tertiary/aromatic N) is 1. The molecule has 0 aliphatic carbocycles. The third kappa shape index (κ3) is 1.22. The van der Waals surface area contributed by atoms with Gasteiger partial charge in [0.1, 0.15) is 13.7 Å². The fraction of sp³-hybridized carbons (Fsp3) is 0.167. The normalized spacial score (nSPS) is 9.44. The van der Waals surface area contributed by atoms with Crippen LogP contribution in [-0.4, -0.2) is 12.8 Å². The maximum atomic E-state index is 5.48. The minimum Gasteiger partial charge on any atom is -0.383 e. The first-order chi connectivity index (χ1) is 4.20. The highest BCUT2D eigenvalue weighted by molar-refractivity contribution is 6.32. The number of hydrogen-bond donors (Lipinski definition) is 1. The van der Waals surface area contributed by atoms with E-state index in [4.69, 9.17) is 5.73 Å². The molecular weight excluding hydrogens is 111 g/mol. The van der Waals surface area contributed by atoms with Gasteiger partial charge in [-0.25, -0.2) is 4.98 Å². The van der Waals surface area contributed by atoms with E-state index in [0.29, 0.717) is 5.82 Å². The molecule has 0 bridgehead atoms. The molecule has 0 amide bonds. The van der Waals surface area contributed by atoms with Crippen LogP contribution in [0.5, 0.6) is 0 Å². The Morgan fingerprint density at radius 3 is 2.78 bits per heavy atom. The van der Waals surface area contributed by atoms with E-state index in [1.54, 1.807) is 6.20 Å². The third-order valence-corrected chi connectivity index (χ3v) is 1.26. The molecule has 46 valence electrons. The lowest BCUT2D eigenvalue weighted by molar-refractivity contribution is 1.30. The summed E-state index contributed by atoms with van der Waals surface area (Å²) in [5.41, 5.74) is 7.68. The predicted molar refractivity (Wildman–Crippen MR) is 41.6 cm³/mol. The van der Waals surface area contributed by atoms with Crippen molar-refractivity contribution in [2.45, 2.75) is 6.92 Å². The van der Waals surface area contributed by atoms with Crippen LogP contribution in [0.15, 0.2) is 12.3 Å². The number of hydrogen-bond acceptors (Lipinski definition) is 2. The Bertz CT molecular complexity index is 222. The molecule has 2 N–H and O–H groups in total. The van der Waals surface area contributed by atoms with E-state index in [0.717, 1.165) is 11.0 Å². The number of pyridine rings is 1. The van der Waals surface area contributed by atoms with Crippen molar-refractivity contribution in [1.82, 2.24) is 4.98 Å². The standard InChI is InChI=1S/C6H9BN2/c1-4-2-5(7)3-9-6(4)8/h2-3H,7H2,1H3,(H2,8,9). The van der Waals surface area contributed by atoms with Crippen molar-refractivity contribution >= 4 is 19.1 Å². The molecule has 2 nitrogen and oxygen atoms in total. The van der Waals surface area contributed by atoms with Gasteiger partial charge in [0.2, 0.25) is 0 Å². The molecule has 0 spiro atoms. The van der Waals surface area contributed by atoms with Crippen LogP contribution in [0.2, 0.25) is 0 Å². The topological polar surface area (TPSA) is 38.9 Å². The van der Waals surface area contributed by atoms with Gasteiger partial charge in [0.05, 0.1) is 0 Å². The Labute approximate surface area is 55.5 Å². The summed E-state index contributed by atoms with van der Waals surface area (Å²) in [5, 5.41) is 0. The average Bonchev–Trinajstić information content (AvgIpc) is 1.80. The molecule has 0 aliphatic rings. The monoisotopic (exact) mass is 120 g/mol. The van der Waals surface area contributed by atoms with E-state index in [1.807, 2.05) is 20.8 Å². The van der Waals surface area contributed by atoms with E-state index in [9.17, 15) is 0 Å². The Kier molecular flexibility index (Phi) is 1.43. The number of aromatic nitrogens is 1. The maximum absolute atomic E-state index is 5.48. The van der Waals surface area contributed by atoms with E-state index < -0.39 is 0 Å². The molecule has 1 rings (SSSR count). The van der Waals surface area contributed by atoms with Crippen LogP contribution in [0.3, 0.4) is 0 Å². The van der Waals surface area contributed by atoms with Gasteiger partial charge in [-0.1, -0.05) is 11.5 Å².